The van der Waals surface area contributed by atoms with Gasteiger partial charge in [-0.3, -0.25) is 9.69 Å². The zero-order valence-corrected chi connectivity index (χ0v) is 13.9. The van der Waals surface area contributed by atoms with Gasteiger partial charge in [0.1, 0.15) is 6.10 Å². The Bertz CT molecular complexity index is 504. The van der Waals surface area contributed by atoms with Gasteiger partial charge in [-0.1, -0.05) is 17.7 Å². The minimum absolute atomic E-state index is 0.168. The zero-order valence-electron chi connectivity index (χ0n) is 13.1. The van der Waals surface area contributed by atoms with E-state index in [2.05, 4.69) is 10.2 Å². The van der Waals surface area contributed by atoms with Gasteiger partial charge < -0.3 is 14.8 Å². The molecule has 1 N–H and O–H groups in total. The lowest BCUT2D eigenvalue weighted by molar-refractivity contribution is -0.126. The quantitative estimate of drug-likeness (QED) is 0.873. The molecule has 0 radical (unpaired) electrons. The fraction of sp³-hybridized carbons (Fsp3) is 0.562. The molecular weight excluding hydrogens is 304 g/mol. The molecule has 6 heteroatoms. The Morgan fingerprint density at radius 3 is 2.82 bits per heavy atom. The van der Waals surface area contributed by atoms with E-state index in [4.69, 9.17) is 21.1 Å². The van der Waals surface area contributed by atoms with Crippen LogP contribution in [0.15, 0.2) is 18.2 Å². The third-order valence-corrected chi connectivity index (χ3v) is 3.96. The smallest absolute Gasteiger partial charge is 0.253 e. The highest BCUT2D eigenvalue weighted by atomic mass is 35.5. The lowest BCUT2D eigenvalue weighted by Crippen LogP contribution is -2.35. The highest BCUT2D eigenvalue weighted by molar-refractivity contribution is 6.31. The van der Waals surface area contributed by atoms with E-state index in [1.807, 2.05) is 19.1 Å². The van der Waals surface area contributed by atoms with Gasteiger partial charge in [0.05, 0.1) is 13.2 Å². The van der Waals surface area contributed by atoms with Crippen molar-refractivity contribution >= 4 is 23.2 Å². The number of carbonyl (C=O) groups excluding carboxylic acids is 1. The summed E-state index contributed by atoms with van der Waals surface area (Å²) in [5.41, 5.74) is 1.74. The van der Waals surface area contributed by atoms with Crippen LogP contribution in [-0.2, 0) is 20.8 Å². The Kier molecular flexibility index (Phi) is 6.64. The third kappa shape index (κ3) is 4.95. The third-order valence-electron chi connectivity index (χ3n) is 3.60. The maximum Gasteiger partial charge on any atom is 0.253 e. The predicted octanol–water partition coefficient (Wildman–Crippen LogP) is 2.54. The van der Waals surface area contributed by atoms with E-state index in [0.717, 1.165) is 38.4 Å². The van der Waals surface area contributed by atoms with Crippen LogP contribution in [0.25, 0.3) is 0 Å². The number of ether oxygens (including phenoxy) is 2. The second-order valence-electron chi connectivity index (χ2n) is 5.28. The Balaban J connectivity index is 1.95. The lowest BCUT2D eigenvalue weighted by Gasteiger charge is -2.27. The first-order chi connectivity index (χ1) is 10.6. The summed E-state index contributed by atoms with van der Waals surface area (Å²) in [6.45, 7) is 8.26. The molecule has 1 aliphatic rings. The van der Waals surface area contributed by atoms with Crippen LogP contribution in [0.3, 0.4) is 0 Å². The minimum Gasteiger partial charge on any atom is -0.379 e. The molecule has 0 unspecified atom stereocenters. The van der Waals surface area contributed by atoms with E-state index in [9.17, 15) is 4.79 Å². The van der Waals surface area contributed by atoms with Crippen molar-refractivity contribution in [2.45, 2.75) is 26.5 Å². The van der Waals surface area contributed by atoms with Gasteiger partial charge in [-0.15, -0.1) is 0 Å². The molecule has 1 saturated heterocycles. The first-order valence-electron chi connectivity index (χ1n) is 7.61. The molecule has 0 spiro atoms. The largest absolute Gasteiger partial charge is 0.379 e. The molecule has 0 aromatic heterocycles. The molecule has 1 aliphatic heterocycles. The summed E-state index contributed by atoms with van der Waals surface area (Å²) in [5, 5.41) is 3.48. The summed E-state index contributed by atoms with van der Waals surface area (Å²) in [5.74, 6) is -0.168. The van der Waals surface area contributed by atoms with Crippen molar-refractivity contribution in [3.8, 4) is 0 Å². The number of benzene rings is 1. The van der Waals surface area contributed by atoms with E-state index >= 15 is 0 Å². The summed E-state index contributed by atoms with van der Waals surface area (Å²) in [6.07, 6.45) is -0.475. The number of amides is 1. The minimum atomic E-state index is -0.475. The maximum absolute atomic E-state index is 11.9. The van der Waals surface area contributed by atoms with Crippen molar-refractivity contribution in [3.05, 3.63) is 28.8 Å². The molecule has 122 valence electrons. The number of morpholine rings is 1. The maximum atomic E-state index is 11.9. The number of rotatable bonds is 6. The standard InChI is InChI=1S/C16H23ClN2O3/c1-3-22-12(2)16(20)18-14-5-4-13(15(17)10-14)11-19-6-8-21-9-7-19/h4-5,10,12H,3,6-9,11H2,1-2H3,(H,18,20)/t12-/m1/s1. The molecule has 2 rings (SSSR count). The normalized spacial score (nSPS) is 17.2. The Morgan fingerprint density at radius 2 is 2.18 bits per heavy atom. The first-order valence-corrected chi connectivity index (χ1v) is 7.99. The lowest BCUT2D eigenvalue weighted by atomic mass is 10.1. The van der Waals surface area contributed by atoms with Gasteiger partial charge in [-0.25, -0.2) is 0 Å². The fourth-order valence-corrected chi connectivity index (χ4v) is 2.56. The van der Waals surface area contributed by atoms with Crippen LogP contribution in [0.1, 0.15) is 19.4 Å². The number of nitrogens with zero attached hydrogens (tertiary/aromatic N) is 1. The number of carbonyl (C=O) groups is 1. The van der Waals surface area contributed by atoms with Crippen molar-refractivity contribution in [1.29, 1.82) is 0 Å². The SMILES string of the molecule is CCO[C@H](C)C(=O)Nc1ccc(CN2CCOCC2)c(Cl)c1. The molecule has 0 saturated carbocycles. The van der Waals surface area contributed by atoms with Gasteiger partial charge in [-0.05, 0) is 31.5 Å². The molecular formula is C16H23ClN2O3. The molecule has 1 fully saturated rings. The van der Waals surface area contributed by atoms with Gasteiger partial charge in [0.15, 0.2) is 0 Å². The van der Waals surface area contributed by atoms with Gasteiger partial charge in [0.25, 0.3) is 5.91 Å². The molecule has 5 nitrogen and oxygen atoms in total. The van der Waals surface area contributed by atoms with Gasteiger partial charge in [-0.2, -0.15) is 0 Å². The molecule has 0 aliphatic carbocycles. The van der Waals surface area contributed by atoms with Crippen LogP contribution >= 0.6 is 11.6 Å². The average molecular weight is 327 g/mol. The molecule has 1 amide bonds. The van der Waals surface area contributed by atoms with Gasteiger partial charge in [0.2, 0.25) is 0 Å². The van der Waals surface area contributed by atoms with Crippen LogP contribution in [0.2, 0.25) is 5.02 Å². The summed E-state index contributed by atoms with van der Waals surface area (Å²) in [4.78, 5) is 14.2. The molecule has 1 heterocycles. The summed E-state index contributed by atoms with van der Waals surface area (Å²) in [6, 6.07) is 5.62. The Hall–Kier alpha value is -1.14. The van der Waals surface area contributed by atoms with E-state index in [-0.39, 0.29) is 5.91 Å². The highest BCUT2D eigenvalue weighted by Gasteiger charge is 2.15. The van der Waals surface area contributed by atoms with Crippen molar-refractivity contribution in [1.82, 2.24) is 4.90 Å². The predicted molar refractivity (Wildman–Crippen MR) is 87.3 cm³/mol. The van der Waals surface area contributed by atoms with E-state index < -0.39 is 6.10 Å². The van der Waals surface area contributed by atoms with Crippen molar-refractivity contribution in [3.63, 3.8) is 0 Å². The van der Waals surface area contributed by atoms with Crippen LogP contribution < -0.4 is 5.32 Å². The Labute approximate surface area is 136 Å². The van der Waals surface area contributed by atoms with Gasteiger partial charge in [0, 0.05) is 37.0 Å². The molecule has 22 heavy (non-hydrogen) atoms. The number of anilines is 1. The monoisotopic (exact) mass is 326 g/mol. The van der Waals surface area contributed by atoms with Crippen molar-refractivity contribution in [2.75, 3.05) is 38.2 Å². The zero-order chi connectivity index (χ0) is 15.9. The average Bonchev–Trinajstić information content (AvgIpc) is 2.51. The summed E-state index contributed by atoms with van der Waals surface area (Å²) >= 11 is 6.33. The van der Waals surface area contributed by atoms with Crippen LogP contribution in [0.5, 0.6) is 0 Å². The van der Waals surface area contributed by atoms with Crippen LogP contribution in [0.4, 0.5) is 5.69 Å². The summed E-state index contributed by atoms with van der Waals surface area (Å²) < 4.78 is 10.6. The van der Waals surface area contributed by atoms with Crippen LogP contribution in [0, 0.1) is 0 Å². The van der Waals surface area contributed by atoms with Crippen LogP contribution in [-0.4, -0.2) is 49.8 Å². The summed E-state index contributed by atoms with van der Waals surface area (Å²) in [7, 11) is 0. The molecule has 1 aromatic rings. The molecule has 0 bridgehead atoms. The fourth-order valence-electron chi connectivity index (χ4n) is 2.32. The topological polar surface area (TPSA) is 50.8 Å². The number of hydrogen-bond donors (Lipinski definition) is 1. The number of hydrogen-bond acceptors (Lipinski definition) is 4. The number of halogens is 1. The van der Waals surface area contributed by atoms with E-state index in [0.29, 0.717) is 17.3 Å². The molecule has 1 atom stereocenters. The van der Waals surface area contributed by atoms with E-state index in [1.54, 1.807) is 13.0 Å². The second kappa shape index (κ2) is 8.48. The van der Waals surface area contributed by atoms with E-state index in [1.165, 1.54) is 0 Å². The second-order valence-corrected chi connectivity index (χ2v) is 5.69. The first kappa shape index (κ1) is 17.2. The van der Waals surface area contributed by atoms with Crippen molar-refractivity contribution < 1.29 is 14.3 Å². The number of nitrogens with one attached hydrogen (secondary N) is 1. The Morgan fingerprint density at radius 1 is 1.45 bits per heavy atom. The van der Waals surface area contributed by atoms with Gasteiger partial charge >= 0.3 is 0 Å². The molecule has 1 aromatic carbocycles. The van der Waals surface area contributed by atoms with Crippen molar-refractivity contribution in [2.24, 2.45) is 0 Å². The highest BCUT2D eigenvalue weighted by Crippen LogP contribution is 2.23.